The van der Waals surface area contributed by atoms with Crippen LogP contribution in [-0.4, -0.2) is 45.3 Å². The van der Waals surface area contributed by atoms with E-state index in [1.165, 1.54) is 5.56 Å². The van der Waals surface area contributed by atoms with Gasteiger partial charge in [-0.25, -0.2) is 9.78 Å². The van der Waals surface area contributed by atoms with E-state index in [2.05, 4.69) is 21.8 Å². The highest BCUT2D eigenvalue weighted by Gasteiger charge is 2.35. The van der Waals surface area contributed by atoms with Gasteiger partial charge >= 0.3 is 6.09 Å². The van der Waals surface area contributed by atoms with E-state index >= 15 is 0 Å². The van der Waals surface area contributed by atoms with Crippen molar-refractivity contribution in [1.82, 2.24) is 19.4 Å². The third-order valence-electron chi connectivity index (χ3n) is 6.35. The van der Waals surface area contributed by atoms with E-state index in [9.17, 15) is 4.79 Å². The zero-order chi connectivity index (χ0) is 24.9. The quantitative estimate of drug-likeness (QED) is 0.264. The second-order valence-corrected chi connectivity index (χ2v) is 9.04. The Morgan fingerprint density at radius 2 is 2.11 bits per heavy atom. The molecule has 0 radical (unpaired) electrons. The molecule has 1 amide bonds. The molecule has 0 fully saturated rings. The average Bonchev–Trinajstić information content (AvgIpc) is 3.54. The Morgan fingerprint density at radius 1 is 1.25 bits per heavy atom. The molecule has 0 spiro atoms. The Kier molecular flexibility index (Phi) is 7.15. The lowest BCUT2D eigenvalue weighted by molar-refractivity contribution is 0.0993. The van der Waals surface area contributed by atoms with Crippen molar-refractivity contribution in [2.24, 2.45) is 0 Å². The van der Waals surface area contributed by atoms with Gasteiger partial charge in [0.25, 0.3) is 0 Å². The van der Waals surface area contributed by atoms with E-state index in [-0.39, 0.29) is 18.7 Å². The zero-order valence-corrected chi connectivity index (χ0v) is 20.8. The molecule has 0 saturated heterocycles. The highest BCUT2D eigenvalue weighted by molar-refractivity contribution is 6.31. The van der Waals surface area contributed by atoms with Gasteiger partial charge in [-0.3, -0.25) is 4.90 Å². The summed E-state index contributed by atoms with van der Waals surface area (Å²) in [6.07, 6.45) is 6.72. The summed E-state index contributed by atoms with van der Waals surface area (Å²) in [6, 6.07) is 13.4. The minimum atomic E-state index is -0.384. The van der Waals surface area contributed by atoms with Crippen molar-refractivity contribution in [3.8, 4) is 17.6 Å². The van der Waals surface area contributed by atoms with Gasteiger partial charge in [0.1, 0.15) is 11.8 Å². The molecule has 4 aromatic rings. The van der Waals surface area contributed by atoms with Crippen LogP contribution in [0.15, 0.2) is 61.2 Å². The first-order chi connectivity index (χ1) is 17.6. The summed E-state index contributed by atoms with van der Waals surface area (Å²) in [6.45, 7) is 3.78. The molecule has 0 aliphatic carbocycles. The number of hydrogen-bond donors (Lipinski definition) is 1. The predicted octanol–water partition coefficient (Wildman–Crippen LogP) is 5.59. The molecule has 0 bridgehead atoms. The molecule has 1 N–H and O–H groups in total. The fraction of sp³-hybridized carbons (Fsp3) is 0.286. The van der Waals surface area contributed by atoms with Gasteiger partial charge in [0.05, 0.1) is 12.9 Å². The molecular weight excluding hydrogens is 476 g/mol. The molecular formula is C28H27ClN4O3. The van der Waals surface area contributed by atoms with Crippen molar-refractivity contribution in [2.75, 3.05) is 19.8 Å². The number of carbonyl (C=O) groups is 1. The third kappa shape index (κ3) is 5.05. The summed E-state index contributed by atoms with van der Waals surface area (Å²) >= 11 is 6.29. The maximum Gasteiger partial charge on any atom is 0.411 e. The van der Waals surface area contributed by atoms with Crippen LogP contribution >= 0.6 is 11.6 Å². The topological polar surface area (TPSA) is 72.4 Å². The molecule has 3 heterocycles. The molecule has 2 aromatic carbocycles. The fourth-order valence-corrected chi connectivity index (χ4v) is 4.83. The van der Waals surface area contributed by atoms with Crippen LogP contribution in [0.3, 0.4) is 0 Å². The molecule has 36 heavy (non-hydrogen) atoms. The van der Waals surface area contributed by atoms with E-state index < -0.39 is 0 Å². The number of ether oxygens (including phenoxy) is 2. The molecule has 2 aromatic heterocycles. The van der Waals surface area contributed by atoms with Gasteiger partial charge < -0.3 is 19.0 Å². The number of rotatable bonds is 7. The number of aromatic amines is 1. The number of hydrogen-bond acceptors (Lipinski definition) is 4. The number of imidazole rings is 1. The maximum absolute atomic E-state index is 13.0. The van der Waals surface area contributed by atoms with E-state index in [0.717, 1.165) is 40.9 Å². The number of aromatic nitrogens is 3. The van der Waals surface area contributed by atoms with Crippen LogP contribution in [0.1, 0.15) is 36.2 Å². The van der Waals surface area contributed by atoms with Gasteiger partial charge in [-0.1, -0.05) is 29.7 Å². The highest BCUT2D eigenvalue weighted by Crippen LogP contribution is 2.39. The minimum absolute atomic E-state index is 0.0690. The maximum atomic E-state index is 13.0. The summed E-state index contributed by atoms with van der Waals surface area (Å²) < 4.78 is 13.4. The van der Waals surface area contributed by atoms with Crippen LogP contribution in [0, 0.1) is 11.8 Å². The van der Waals surface area contributed by atoms with Crippen LogP contribution in [0.5, 0.6) is 5.75 Å². The lowest BCUT2D eigenvalue weighted by atomic mass is 9.92. The van der Waals surface area contributed by atoms with Gasteiger partial charge in [0.15, 0.2) is 6.61 Å². The molecule has 184 valence electrons. The summed E-state index contributed by atoms with van der Waals surface area (Å²) in [5.74, 6) is 6.34. The molecule has 1 unspecified atom stereocenters. The summed E-state index contributed by atoms with van der Waals surface area (Å²) in [5.41, 5.74) is 4.12. The second kappa shape index (κ2) is 10.8. The third-order valence-corrected chi connectivity index (χ3v) is 6.59. The van der Waals surface area contributed by atoms with Crippen LogP contribution in [0.2, 0.25) is 5.02 Å². The van der Waals surface area contributed by atoms with Gasteiger partial charge in [0.2, 0.25) is 0 Å². The van der Waals surface area contributed by atoms with Gasteiger partial charge in [-0.15, -0.1) is 5.92 Å². The van der Waals surface area contributed by atoms with Gasteiger partial charge in [-0.05, 0) is 61.2 Å². The standard InChI is InChI=1S/C28H27ClN4O3/c1-2-3-16-36-28(34)33-14-11-23-24-18-21(29)7-10-25(24)31-26(23)27(33)20-5-8-22(9-6-20)35-17-4-13-32-15-12-30-19-32/h5-10,12,15,18-19,27,31H,4,11,13-14,16-17H2,1H3. The van der Waals surface area contributed by atoms with Crippen molar-refractivity contribution >= 4 is 28.6 Å². The highest BCUT2D eigenvalue weighted by atomic mass is 35.5. The monoisotopic (exact) mass is 502 g/mol. The Morgan fingerprint density at radius 3 is 2.89 bits per heavy atom. The van der Waals surface area contributed by atoms with E-state index in [1.54, 1.807) is 24.3 Å². The van der Waals surface area contributed by atoms with E-state index in [4.69, 9.17) is 21.1 Å². The van der Waals surface area contributed by atoms with E-state index in [1.807, 2.05) is 53.2 Å². The number of aryl methyl sites for hydroxylation is 1. The molecule has 1 aliphatic rings. The molecule has 1 atom stereocenters. The SMILES string of the molecule is CC#CCOC(=O)N1CCc2c([nH]c3ccc(Cl)cc23)C1c1ccc(OCCCn2ccnc2)cc1. The number of nitrogens with one attached hydrogen (secondary N) is 1. The zero-order valence-electron chi connectivity index (χ0n) is 20.0. The van der Waals surface area contributed by atoms with Crippen LogP contribution in [0.4, 0.5) is 4.79 Å². The van der Waals surface area contributed by atoms with Crippen molar-refractivity contribution < 1.29 is 14.3 Å². The lowest BCUT2D eigenvalue weighted by Crippen LogP contribution is -2.41. The summed E-state index contributed by atoms with van der Waals surface area (Å²) in [5, 5.41) is 1.78. The molecule has 0 saturated carbocycles. The van der Waals surface area contributed by atoms with Crippen molar-refractivity contribution in [3.63, 3.8) is 0 Å². The number of H-pyrrole nitrogens is 1. The number of halogens is 1. The normalized spacial score (nSPS) is 14.7. The first-order valence-electron chi connectivity index (χ1n) is 12.0. The largest absolute Gasteiger partial charge is 0.494 e. The van der Waals surface area contributed by atoms with Crippen LogP contribution < -0.4 is 4.74 Å². The minimum Gasteiger partial charge on any atom is -0.494 e. The summed E-state index contributed by atoms with van der Waals surface area (Å²) in [7, 11) is 0. The van der Waals surface area contributed by atoms with Gasteiger partial charge in [-0.2, -0.15) is 0 Å². The molecule has 7 nitrogen and oxygen atoms in total. The number of benzene rings is 2. The number of carbonyl (C=O) groups excluding carboxylic acids is 1. The second-order valence-electron chi connectivity index (χ2n) is 8.61. The smallest absolute Gasteiger partial charge is 0.411 e. The van der Waals surface area contributed by atoms with Crippen LogP contribution in [-0.2, 0) is 17.7 Å². The number of amides is 1. The van der Waals surface area contributed by atoms with Gasteiger partial charge in [0, 0.05) is 47.1 Å². The van der Waals surface area contributed by atoms with E-state index in [0.29, 0.717) is 24.6 Å². The number of fused-ring (bicyclic) bond motifs is 3. The Labute approximate surface area is 215 Å². The first-order valence-corrected chi connectivity index (χ1v) is 12.3. The van der Waals surface area contributed by atoms with Crippen molar-refractivity contribution in [2.45, 2.75) is 32.4 Å². The summed E-state index contributed by atoms with van der Waals surface area (Å²) in [4.78, 5) is 22.4. The Balaban J connectivity index is 1.38. The molecule has 8 heteroatoms. The van der Waals surface area contributed by atoms with Crippen molar-refractivity contribution in [1.29, 1.82) is 0 Å². The lowest BCUT2D eigenvalue weighted by Gasteiger charge is -2.35. The predicted molar refractivity (Wildman–Crippen MR) is 139 cm³/mol. The Bertz CT molecular complexity index is 1400. The number of nitrogens with zero attached hydrogens (tertiary/aromatic N) is 3. The fourth-order valence-electron chi connectivity index (χ4n) is 4.66. The Hall–Kier alpha value is -3.89. The van der Waals surface area contributed by atoms with Crippen molar-refractivity contribution in [3.05, 3.63) is 83.0 Å². The van der Waals surface area contributed by atoms with Crippen LogP contribution in [0.25, 0.3) is 10.9 Å². The molecule has 5 rings (SSSR count). The average molecular weight is 503 g/mol. The molecule has 1 aliphatic heterocycles. The first kappa shape index (κ1) is 23.8.